The van der Waals surface area contributed by atoms with Gasteiger partial charge in [0.05, 0.1) is 12.7 Å². The maximum absolute atomic E-state index is 5.60. The van der Waals surface area contributed by atoms with E-state index in [0.29, 0.717) is 5.88 Å². The molecule has 0 fully saturated rings. The molecule has 1 aromatic heterocycles. The summed E-state index contributed by atoms with van der Waals surface area (Å²) in [4.78, 5) is 8.20. The number of ether oxygens (including phenoxy) is 1. The summed E-state index contributed by atoms with van der Waals surface area (Å²) in [6, 6.07) is 0. The van der Waals surface area contributed by atoms with Crippen molar-refractivity contribution in [1.29, 1.82) is 0 Å². The minimum Gasteiger partial charge on any atom is -0.481 e. The van der Waals surface area contributed by atoms with Gasteiger partial charge >= 0.3 is 0 Å². The van der Waals surface area contributed by atoms with Crippen LogP contribution in [0, 0.1) is 6.92 Å². The Labute approximate surface area is 101 Å². The van der Waals surface area contributed by atoms with Crippen LogP contribution in [0.25, 0.3) is 0 Å². The number of unbranched alkanes of at least 4 members (excludes halogenated alkanes) is 2. The van der Waals surface area contributed by atoms with Gasteiger partial charge in [0.2, 0.25) is 5.88 Å². The number of rotatable bonds is 7. The van der Waals surface area contributed by atoms with E-state index in [1.807, 2.05) is 6.92 Å². The molecular formula is C11H18ClN3O. The van der Waals surface area contributed by atoms with E-state index in [2.05, 4.69) is 15.3 Å². The minimum atomic E-state index is 0.623. The first-order chi connectivity index (χ1) is 7.79. The molecule has 1 aromatic rings. The highest BCUT2D eigenvalue weighted by Crippen LogP contribution is 2.19. The number of halogens is 1. The van der Waals surface area contributed by atoms with Gasteiger partial charge in [0.25, 0.3) is 0 Å². The fraction of sp³-hybridized carbons (Fsp3) is 0.636. The molecule has 1 rings (SSSR count). The van der Waals surface area contributed by atoms with Gasteiger partial charge < -0.3 is 10.1 Å². The first-order valence-electron chi connectivity index (χ1n) is 5.45. The van der Waals surface area contributed by atoms with Crippen molar-refractivity contribution < 1.29 is 4.74 Å². The third kappa shape index (κ3) is 3.85. The van der Waals surface area contributed by atoms with Crippen LogP contribution < -0.4 is 10.1 Å². The summed E-state index contributed by atoms with van der Waals surface area (Å²) in [5, 5.41) is 3.27. The topological polar surface area (TPSA) is 47.0 Å². The quantitative estimate of drug-likeness (QED) is 0.591. The molecule has 16 heavy (non-hydrogen) atoms. The molecule has 0 aliphatic heterocycles. The van der Waals surface area contributed by atoms with Gasteiger partial charge in [0.1, 0.15) is 12.1 Å². The van der Waals surface area contributed by atoms with E-state index in [-0.39, 0.29) is 0 Å². The monoisotopic (exact) mass is 243 g/mol. The Morgan fingerprint density at radius 1 is 1.31 bits per heavy atom. The van der Waals surface area contributed by atoms with Gasteiger partial charge in [-0.2, -0.15) is 0 Å². The third-order valence-electron chi connectivity index (χ3n) is 2.33. The first-order valence-corrected chi connectivity index (χ1v) is 5.98. The Hall–Kier alpha value is -1.03. The third-order valence-corrected chi connectivity index (χ3v) is 2.60. The highest BCUT2D eigenvalue weighted by Gasteiger charge is 2.05. The van der Waals surface area contributed by atoms with E-state index >= 15 is 0 Å². The summed E-state index contributed by atoms with van der Waals surface area (Å²) in [5.74, 6) is 2.20. The highest BCUT2D eigenvalue weighted by atomic mass is 35.5. The van der Waals surface area contributed by atoms with Crippen LogP contribution >= 0.6 is 11.6 Å². The van der Waals surface area contributed by atoms with E-state index in [0.717, 1.165) is 43.1 Å². The molecule has 0 bridgehead atoms. The molecule has 0 radical (unpaired) electrons. The Kier molecular flexibility index (Phi) is 5.93. The van der Waals surface area contributed by atoms with Crippen molar-refractivity contribution in [3.05, 3.63) is 11.9 Å². The van der Waals surface area contributed by atoms with Crippen LogP contribution in [-0.4, -0.2) is 29.5 Å². The lowest BCUT2D eigenvalue weighted by atomic mass is 10.2. The lowest BCUT2D eigenvalue weighted by Crippen LogP contribution is -2.06. The maximum atomic E-state index is 5.60. The molecule has 0 aromatic carbocycles. The molecule has 4 nitrogen and oxygen atoms in total. The number of nitrogens with one attached hydrogen (secondary N) is 1. The number of hydrogen-bond donors (Lipinski definition) is 1. The fourth-order valence-electron chi connectivity index (χ4n) is 1.42. The molecule has 5 heteroatoms. The molecular weight excluding hydrogens is 226 g/mol. The van der Waals surface area contributed by atoms with Gasteiger partial charge in [-0.1, -0.05) is 6.42 Å². The van der Waals surface area contributed by atoms with E-state index in [1.54, 1.807) is 7.11 Å². The summed E-state index contributed by atoms with van der Waals surface area (Å²) in [6.45, 7) is 2.85. The Morgan fingerprint density at radius 3 is 2.81 bits per heavy atom. The van der Waals surface area contributed by atoms with Crippen LogP contribution in [0.3, 0.4) is 0 Å². The van der Waals surface area contributed by atoms with Gasteiger partial charge in [-0.3, -0.25) is 0 Å². The number of anilines is 1. The normalized spacial score (nSPS) is 10.2. The van der Waals surface area contributed by atoms with E-state index in [4.69, 9.17) is 16.3 Å². The van der Waals surface area contributed by atoms with Crippen molar-refractivity contribution in [2.24, 2.45) is 0 Å². The zero-order chi connectivity index (χ0) is 11.8. The minimum absolute atomic E-state index is 0.623. The van der Waals surface area contributed by atoms with Crippen molar-refractivity contribution in [3.63, 3.8) is 0 Å². The molecule has 1 N–H and O–H groups in total. The lowest BCUT2D eigenvalue weighted by Gasteiger charge is -2.09. The predicted octanol–water partition coefficient (Wildman–Crippen LogP) is 2.61. The fourth-order valence-corrected chi connectivity index (χ4v) is 1.61. The largest absolute Gasteiger partial charge is 0.481 e. The maximum Gasteiger partial charge on any atom is 0.221 e. The predicted molar refractivity (Wildman–Crippen MR) is 66.4 cm³/mol. The van der Waals surface area contributed by atoms with Crippen molar-refractivity contribution in [2.45, 2.75) is 26.2 Å². The second kappa shape index (κ2) is 7.28. The smallest absolute Gasteiger partial charge is 0.221 e. The van der Waals surface area contributed by atoms with E-state index < -0.39 is 0 Å². The second-order valence-electron chi connectivity index (χ2n) is 3.53. The number of methoxy groups -OCH3 is 1. The standard InChI is InChI=1S/C11H18ClN3O/c1-9-10(13-7-5-3-4-6-12)14-8-15-11(9)16-2/h8H,3-7H2,1-2H3,(H,13,14,15). The summed E-state index contributed by atoms with van der Waals surface area (Å²) >= 11 is 5.60. The number of alkyl halides is 1. The summed E-state index contributed by atoms with van der Waals surface area (Å²) in [7, 11) is 1.61. The molecule has 0 unspecified atom stereocenters. The van der Waals surface area contributed by atoms with Crippen LogP contribution in [-0.2, 0) is 0 Å². The Balaban J connectivity index is 2.41. The summed E-state index contributed by atoms with van der Waals surface area (Å²) in [6.07, 6.45) is 4.80. The van der Waals surface area contributed by atoms with Crippen LogP contribution in [0.4, 0.5) is 5.82 Å². The van der Waals surface area contributed by atoms with Gasteiger partial charge in [0.15, 0.2) is 0 Å². The van der Waals surface area contributed by atoms with Crippen LogP contribution in [0.15, 0.2) is 6.33 Å². The number of hydrogen-bond acceptors (Lipinski definition) is 4. The Bertz CT molecular complexity index is 320. The van der Waals surface area contributed by atoms with Crippen LogP contribution in [0.1, 0.15) is 24.8 Å². The van der Waals surface area contributed by atoms with Gasteiger partial charge in [-0.05, 0) is 19.8 Å². The SMILES string of the molecule is COc1ncnc(NCCCCCCl)c1C. The van der Waals surface area contributed by atoms with Crippen molar-refractivity contribution in [3.8, 4) is 5.88 Å². The van der Waals surface area contributed by atoms with Crippen LogP contribution in [0.5, 0.6) is 5.88 Å². The average molecular weight is 244 g/mol. The van der Waals surface area contributed by atoms with Crippen molar-refractivity contribution in [1.82, 2.24) is 9.97 Å². The molecule has 0 saturated heterocycles. The molecule has 0 aliphatic carbocycles. The lowest BCUT2D eigenvalue weighted by molar-refractivity contribution is 0.393. The van der Waals surface area contributed by atoms with E-state index in [9.17, 15) is 0 Å². The van der Waals surface area contributed by atoms with Gasteiger partial charge in [-0.15, -0.1) is 11.6 Å². The molecule has 1 heterocycles. The molecule has 0 atom stereocenters. The second-order valence-corrected chi connectivity index (χ2v) is 3.91. The molecule has 90 valence electrons. The molecule has 0 spiro atoms. The number of aromatic nitrogens is 2. The van der Waals surface area contributed by atoms with E-state index in [1.165, 1.54) is 6.33 Å². The molecule has 0 aliphatic rings. The van der Waals surface area contributed by atoms with Crippen molar-refractivity contribution >= 4 is 17.4 Å². The summed E-state index contributed by atoms with van der Waals surface area (Å²) < 4.78 is 5.12. The van der Waals surface area contributed by atoms with Crippen LogP contribution in [0.2, 0.25) is 0 Å². The van der Waals surface area contributed by atoms with Crippen molar-refractivity contribution in [2.75, 3.05) is 24.9 Å². The first kappa shape index (κ1) is 13.0. The molecule has 0 saturated carbocycles. The molecule has 0 amide bonds. The zero-order valence-corrected chi connectivity index (χ0v) is 10.5. The Morgan fingerprint density at radius 2 is 2.12 bits per heavy atom. The van der Waals surface area contributed by atoms with Gasteiger partial charge in [0, 0.05) is 12.4 Å². The zero-order valence-electron chi connectivity index (χ0n) is 9.79. The summed E-state index contributed by atoms with van der Waals surface area (Å²) in [5.41, 5.74) is 0.947. The highest BCUT2D eigenvalue weighted by molar-refractivity contribution is 6.17. The van der Waals surface area contributed by atoms with Gasteiger partial charge in [-0.25, -0.2) is 9.97 Å². The number of nitrogens with zero attached hydrogens (tertiary/aromatic N) is 2. The average Bonchev–Trinajstić information content (AvgIpc) is 2.31.